The van der Waals surface area contributed by atoms with Crippen LogP contribution in [0.4, 0.5) is 0 Å². The molecular formula is C19H24NO2-. The molecule has 0 heterocycles. The summed E-state index contributed by atoms with van der Waals surface area (Å²) in [5.41, 5.74) is 3.56. The third kappa shape index (κ3) is 3.37. The van der Waals surface area contributed by atoms with E-state index in [1.807, 2.05) is 25.2 Å². The molecule has 0 saturated heterocycles. The minimum absolute atomic E-state index is 0.0760. The molecule has 3 heteroatoms. The highest BCUT2D eigenvalue weighted by Crippen LogP contribution is 2.33. The van der Waals surface area contributed by atoms with Crippen LogP contribution in [0.1, 0.15) is 36.6 Å². The maximum absolute atomic E-state index is 5.53. The molecule has 0 saturated carbocycles. The Morgan fingerprint density at radius 1 is 0.955 bits per heavy atom. The topological polar surface area (TPSA) is 30.5 Å². The van der Waals surface area contributed by atoms with Gasteiger partial charge in [-0.25, -0.2) is 0 Å². The summed E-state index contributed by atoms with van der Waals surface area (Å²) in [5.74, 6) is 2.93. The average molecular weight is 298 g/mol. The number of nitrogens with one attached hydrogen (secondary N) is 1. The number of ether oxygens (including phenoxy) is 2. The summed E-state index contributed by atoms with van der Waals surface area (Å²) in [6, 6.07) is 14.6. The first-order valence-corrected chi connectivity index (χ1v) is 7.40. The minimum Gasteiger partial charge on any atom is -0.497 e. The maximum Gasteiger partial charge on any atom is 0.127 e. The largest absolute Gasteiger partial charge is 0.497 e. The van der Waals surface area contributed by atoms with E-state index < -0.39 is 0 Å². The predicted molar refractivity (Wildman–Crippen MR) is 90.6 cm³/mol. The van der Waals surface area contributed by atoms with E-state index in [0.29, 0.717) is 0 Å². The lowest BCUT2D eigenvalue weighted by Gasteiger charge is -2.23. The quantitative estimate of drug-likeness (QED) is 0.818. The lowest BCUT2D eigenvalue weighted by molar-refractivity contribution is 0.388. The van der Waals surface area contributed by atoms with Gasteiger partial charge in [0.05, 0.1) is 20.3 Å². The Morgan fingerprint density at radius 3 is 2.14 bits per heavy atom. The summed E-state index contributed by atoms with van der Waals surface area (Å²) < 4.78 is 10.8. The van der Waals surface area contributed by atoms with Gasteiger partial charge in [0.1, 0.15) is 11.5 Å². The second kappa shape index (κ2) is 7.23. The van der Waals surface area contributed by atoms with Crippen molar-refractivity contribution >= 4 is 0 Å². The number of benzene rings is 2. The number of rotatable bonds is 6. The second-order valence-electron chi connectivity index (χ2n) is 5.45. The molecule has 0 aliphatic heterocycles. The summed E-state index contributed by atoms with van der Waals surface area (Å²) >= 11 is 0. The van der Waals surface area contributed by atoms with Crippen molar-refractivity contribution in [3.63, 3.8) is 0 Å². The van der Waals surface area contributed by atoms with Gasteiger partial charge in [0.15, 0.2) is 0 Å². The van der Waals surface area contributed by atoms with Crippen molar-refractivity contribution in [2.45, 2.75) is 19.9 Å². The lowest BCUT2D eigenvalue weighted by atomic mass is 9.94. The molecule has 2 aromatic carbocycles. The molecule has 0 aliphatic rings. The fourth-order valence-electron chi connectivity index (χ4n) is 2.57. The third-order valence-electron chi connectivity index (χ3n) is 3.86. The maximum atomic E-state index is 5.53. The fraction of sp³-hybridized carbons (Fsp3) is 0.316. The molecule has 22 heavy (non-hydrogen) atoms. The van der Waals surface area contributed by atoms with Gasteiger partial charge in [-0.3, -0.25) is 0 Å². The Balaban J connectivity index is 2.39. The van der Waals surface area contributed by atoms with E-state index in [2.05, 4.69) is 43.4 Å². The van der Waals surface area contributed by atoms with Gasteiger partial charge in [-0.2, -0.15) is 23.6 Å². The van der Waals surface area contributed by atoms with Crippen LogP contribution in [0.25, 0.3) is 0 Å². The molecule has 0 bridgehead atoms. The molecule has 1 unspecified atom stereocenters. The van der Waals surface area contributed by atoms with Crippen LogP contribution < -0.4 is 14.8 Å². The van der Waals surface area contributed by atoms with Crippen molar-refractivity contribution < 1.29 is 9.47 Å². The highest BCUT2D eigenvalue weighted by Gasteiger charge is 2.16. The van der Waals surface area contributed by atoms with Crippen molar-refractivity contribution in [3.05, 3.63) is 65.1 Å². The van der Waals surface area contributed by atoms with Gasteiger partial charge in [-0.15, -0.1) is 12.1 Å². The van der Waals surface area contributed by atoms with Crippen molar-refractivity contribution in [2.24, 2.45) is 0 Å². The van der Waals surface area contributed by atoms with E-state index in [9.17, 15) is 0 Å². The van der Waals surface area contributed by atoms with Gasteiger partial charge in [0, 0.05) is 11.6 Å². The Labute approximate surface area is 133 Å². The van der Waals surface area contributed by atoms with E-state index >= 15 is 0 Å². The van der Waals surface area contributed by atoms with E-state index in [1.54, 1.807) is 14.2 Å². The second-order valence-corrected chi connectivity index (χ2v) is 5.45. The van der Waals surface area contributed by atoms with Gasteiger partial charge in [0.2, 0.25) is 0 Å². The zero-order valence-electron chi connectivity index (χ0n) is 13.9. The standard InChI is InChI=1S/C19H24NO2/c1-13(2)14-6-8-15(9-7-14)19(20-3)17-11-10-16(21-4)12-18(17)22-5/h6-12,19-20H,1-5H3/q-1. The summed E-state index contributed by atoms with van der Waals surface area (Å²) in [7, 11) is 5.30. The summed E-state index contributed by atoms with van der Waals surface area (Å²) in [5, 5.41) is 3.37. The van der Waals surface area contributed by atoms with Gasteiger partial charge in [0.25, 0.3) is 0 Å². The molecule has 0 amide bonds. The molecule has 1 N–H and O–H groups in total. The van der Waals surface area contributed by atoms with Crippen LogP contribution in [0.3, 0.4) is 0 Å². The third-order valence-corrected chi connectivity index (χ3v) is 3.86. The van der Waals surface area contributed by atoms with Crippen molar-refractivity contribution in [1.29, 1.82) is 0 Å². The SMILES string of the molecule is CNC(c1ccc([C-](C)C)cc1)c1ccc(OC)cc1OC. The van der Waals surface area contributed by atoms with Crippen LogP contribution in [0.15, 0.2) is 42.5 Å². The molecule has 118 valence electrons. The van der Waals surface area contributed by atoms with Crippen LogP contribution >= 0.6 is 0 Å². The van der Waals surface area contributed by atoms with E-state index in [-0.39, 0.29) is 6.04 Å². The normalized spacial score (nSPS) is 11.9. The lowest BCUT2D eigenvalue weighted by Crippen LogP contribution is -2.18. The number of hydrogen-bond donors (Lipinski definition) is 1. The zero-order valence-corrected chi connectivity index (χ0v) is 13.9. The fourth-order valence-corrected chi connectivity index (χ4v) is 2.57. The molecule has 0 fully saturated rings. The monoisotopic (exact) mass is 298 g/mol. The summed E-state index contributed by atoms with van der Waals surface area (Å²) in [6.07, 6.45) is 0. The molecule has 0 radical (unpaired) electrons. The van der Waals surface area contributed by atoms with Crippen LogP contribution in [0.5, 0.6) is 11.5 Å². The number of hydrogen-bond acceptors (Lipinski definition) is 3. The van der Waals surface area contributed by atoms with Gasteiger partial charge >= 0.3 is 0 Å². The van der Waals surface area contributed by atoms with Crippen LogP contribution in [0.2, 0.25) is 0 Å². The van der Waals surface area contributed by atoms with Gasteiger partial charge < -0.3 is 14.8 Å². The first kappa shape index (κ1) is 16.2. The molecule has 0 spiro atoms. The molecule has 2 aromatic rings. The molecule has 1 atom stereocenters. The minimum atomic E-state index is 0.0760. The summed E-state index contributed by atoms with van der Waals surface area (Å²) in [4.78, 5) is 0. The van der Waals surface area contributed by atoms with E-state index in [0.717, 1.165) is 17.1 Å². The highest BCUT2D eigenvalue weighted by molar-refractivity contribution is 5.46. The molecule has 0 aromatic heterocycles. The zero-order chi connectivity index (χ0) is 16.1. The molecule has 0 aliphatic carbocycles. The number of methoxy groups -OCH3 is 2. The molecule has 2 rings (SSSR count). The van der Waals surface area contributed by atoms with Crippen LogP contribution in [0, 0.1) is 5.92 Å². The Kier molecular flexibility index (Phi) is 5.34. The molecular weight excluding hydrogens is 274 g/mol. The van der Waals surface area contributed by atoms with Crippen LogP contribution in [-0.4, -0.2) is 21.3 Å². The van der Waals surface area contributed by atoms with Gasteiger partial charge in [-0.05, 0) is 19.2 Å². The molecule has 3 nitrogen and oxygen atoms in total. The Hall–Kier alpha value is -2.13. The van der Waals surface area contributed by atoms with E-state index in [4.69, 9.17) is 9.47 Å². The smallest absolute Gasteiger partial charge is 0.127 e. The summed E-state index contributed by atoms with van der Waals surface area (Å²) in [6.45, 7) is 4.24. The average Bonchev–Trinajstić information content (AvgIpc) is 2.56. The van der Waals surface area contributed by atoms with E-state index in [1.165, 1.54) is 17.0 Å². The Bertz CT molecular complexity index is 605. The van der Waals surface area contributed by atoms with Crippen molar-refractivity contribution in [2.75, 3.05) is 21.3 Å². The van der Waals surface area contributed by atoms with Crippen molar-refractivity contribution in [3.8, 4) is 11.5 Å². The van der Waals surface area contributed by atoms with Crippen LogP contribution in [-0.2, 0) is 0 Å². The van der Waals surface area contributed by atoms with Crippen molar-refractivity contribution in [1.82, 2.24) is 5.32 Å². The highest BCUT2D eigenvalue weighted by atomic mass is 16.5. The Morgan fingerprint density at radius 2 is 1.64 bits per heavy atom. The van der Waals surface area contributed by atoms with Gasteiger partial charge in [-0.1, -0.05) is 19.4 Å². The first-order chi connectivity index (χ1) is 10.6. The predicted octanol–water partition coefficient (Wildman–Crippen LogP) is 3.97. The first-order valence-electron chi connectivity index (χ1n) is 7.40.